The summed E-state index contributed by atoms with van der Waals surface area (Å²) in [6.45, 7) is 0. The summed E-state index contributed by atoms with van der Waals surface area (Å²) in [6.07, 6.45) is -4.28. The van der Waals surface area contributed by atoms with Crippen LogP contribution in [-0.4, -0.2) is 30.1 Å². The van der Waals surface area contributed by atoms with Gasteiger partial charge in [-0.15, -0.1) is 0 Å². The Morgan fingerprint density at radius 1 is 1.22 bits per heavy atom. The molecule has 0 saturated carbocycles. The van der Waals surface area contributed by atoms with Crippen molar-refractivity contribution in [3.8, 4) is 0 Å². The molecule has 1 aliphatic heterocycles. The Bertz CT molecular complexity index is 636. The minimum Gasteiger partial charge on any atom is -0.374 e. The number of carbonyl (C=O) groups is 1. The molecule has 3 N–H and O–H groups in total. The van der Waals surface area contributed by atoms with Crippen LogP contribution >= 0.6 is 0 Å². The maximum atomic E-state index is 12.8. The highest BCUT2D eigenvalue weighted by Crippen LogP contribution is 2.35. The lowest BCUT2D eigenvalue weighted by Crippen LogP contribution is -2.41. The highest BCUT2D eigenvalue weighted by Gasteiger charge is 2.48. The van der Waals surface area contributed by atoms with E-state index in [-0.39, 0.29) is 12.0 Å². The van der Waals surface area contributed by atoms with Crippen LogP contribution in [-0.2, 0) is 10.4 Å². The predicted molar refractivity (Wildman–Crippen MR) is 75.2 cm³/mol. The van der Waals surface area contributed by atoms with E-state index in [2.05, 4.69) is 5.10 Å². The van der Waals surface area contributed by atoms with E-state index < -0.39 is 29.9 Å². The van der Waals surface area contributed by atoms with Gasteiger partial charge >= 0.3 is 0 Å². The van der Waals surface area contributed by atoms with Crippen LogP contribution in [0.5, 0.6) is 0 Å². The number of hydrogen-bond donors (Lipinski definition) is 2. The van der Waals surface area contributed by atoms with Gasteiger partial charge in [-0.2, -0.15) is 5.10 Å². The Morgan fingerprint density at radius 3 is 2.26 bits per heavy atom. The zero-order valence-corrected chi connectivity index (χ0v) is 11.7. The summed E-state index contributed by atoms with van der Waals surface area (Å²) >= 11 is 0. The predicted octanol–water partition coefficient (Wildman–Crippen LogP) is 1.97. The van der Waals surface area contributed by atoms with Crippen LogP contribution < -0.4 is 10.7 Å². The van der Waals surface area contributed by atoms with Crippen LogP contribution in [0.2, 0.25) is 0 Å². The number of aliphatic hydroxyl groups is 1. The Morgan fingerprint density at radius 2 is 1.78 bits per heavy atom. The van der Waals surface area contributed by atoms with Crippen molar-refractivity contribution in [1.29, 1.82) is 0 Å². The molecule has 1 aromatic rings. The maximum Gasteiger partial charge on any atom is 0.276 e. The molecule has 23 heavy (non-hydrogen) atoms. The van der Waals surface area contributed by atoms with Gasteiger partial charge in [0.05, 0.1) is 5.69 Å². The Labute approximate surface area is 128 Å². The van der Waals surface area contributed by atoms with Gasteiger partial charge in [-0.1, -0.05) is 12.1 Å². The first kappa shape index (κ1) is 16.9. The number of benzene rings is 1. The van der Waals surface area contributed by atoms with Crippen molar-refractivity contribution in [2.75, 3.05) is 5.01 Å². The van der Waals surface area contributed by atoms with E-state index in [1.807, 2.05) is 0 Å². The standard InChI is InChI=1S/C14H13F4N3O2/c15-12(16)14(23,13(17)18)9-1-3-10(4-2-9)21-7-8(11(19)22)5-6-20-21/h1-4,6-7,12-13,23H,5H2,(H2,19,22). The number of anilines is 1. The minimum absolute atomic E-state index is 0.250. The SMILES string of the molecule is NC(=O)C1=CN(c2ccc(C(O)(C(F)F)C(F)F)cc2)N=CC1. The zero-order chi connectivity index (χ0) is 17.2. The summed E-state index contributed by atoms with van der Waals surface area (Å²) in [6, 6.07) is 4.36. The number of amides is 1. The van der Waals surface area contributed by atoms with Crippen LogP contribution in [0.25, 0.3) is 0 Å². The highest BCUT2D eigenvalue weighted by molar-refractivity contribution is 5.96. The topological polar surface area (TPSA) is 78.9 Å². The van der Waals surface area contributed by atoms with Crippen molar-refractivity contribution in [2.24, 2.45) is 10.8 Å². The normalized spacial score (nSPS) is 15.3. The fraction of sp³-hybridized carbons (Fsp3) is 0.286. The number of primary amides is 1. The van der Waals surface area contributed by atoms with Gasteiger partial charge in [0.25, 0.3) is 12.9 Å². The van der Waals surface area contributed by atoms with Gasteiger partial charge in [0.2, 0.25) is 11.5 Å². The molecule has 1 aliphatic rings. The van der Waals surface area contributed by atoms with Gasteiger partial charge in [0.15, 0.2) is 0 Å². The number of rotatable bonds is 5. The van der Waals surface area contributed by atoms with E-state index in [4.69, 9.17) is 5.73 Å². The fourth-order valence-electron chi connectivity index (χ4n) is 1.99. The number of carbonyl (C=O) groups excluding carboxylic acids is 1. The number of nitrogens with zero attached hydrogens (tertiary/aromatic N) is 2. The summed E-state index contributed by atoms with van der Waals surface area (Å²) in [4.78, 5) is 11.1. The second-order valence-corrected chi connectivity index (χ2v) is 4.84. The first-order chi connectivity index (χ1) is 10.8. The molecule has 0 fully saturated rings. The van der Waals surface area contributed by atoms with Crippen LogP contribution in [0.1, 0.15) is 12.0 Å². The first-order valence-corrected chi connectivity index (χ1v) is 6.48. The summed E-state index contributed by atoms with van der Waals surface area (Å²) < 4.78 is 51.2. The molecule has 9 heteroatoms. The molecule has 0 aliphatic carbocycles. The Hall–Kier alpha value is -2.42. The second-order valence-electron chi connectivity index (χ2n) is 4.84. The van der Waals surface area contributed by atoms with E-state index in [1.165, 1.54) is 29.6 Å². The van der Waals surface area contributed by atoms with E-state index in [0.29, 0.717) is 5.69 Å². The lowest BCUT2D eigenvalue weighted by molar-refractivity contribution is -0.183. The molecule has 0 atom stereocenters. The minimum atomic E-state index is -3.65. The molecule has 0 unspecified atom stereocenters. The molecule has 2 rings (SSSR count). The molecule has 5 nitrogen and oxygen atoms in total. The third-order valence-electron chi connectivity index (χ3n) is 3.37. The van der Waals surface area contributed by atoms with Gasteiger partial charge in [0.1, 0.15) is 0 Å². The molecular formula is C14H13F4N3O2. The summed E-state index contributed by atoms with van der Waals surface area (Å²) in [5.41, 5.74) is 1.60. The maximum absolute atomic E-state index is 12.8. The largest absolute Gasteiger partial charge is 0.374 e. The van der Waals surface area contributed by atoms with Crippen LogP contribution in [0.4, 0.5) is 23.2 Å². The Balaban J connectivity index is 2.31. The van der Waals surface area contributed by atoms with Crippen molar-refractivity contribution < 1.29 is 27.5 Å². The first-order valence-electron chi connectivity index (χ1n) is 6.48. The van der Waals surface area contributed by atoms with Crippen LogP contribution in [0.3, 0.4) is 0 Å². The van der Waals surface area contributed by atoms with E-state index >= 15 is 0 Å². The summed E-state index contributed by atoms with van der Waals surface area (Å²) in [7, 11) is 0. The van der Waals surface area contributed by atoms with E-state index in [0.717, 1.165) is 12.1 Å². The number of alkyl halides is 4. The van der Waals surface area contributed by atoms with E-state index in [1.54, 1.807) is 0 Å². The average molecular weight is 331 g/mol. The molecule has 1 aromatic carbocycles. The summed E-state index contributed by atoms with van der Waals surface area (Å²) in [5.74, 6) is -0.637. The number of nitrogens with two attached hydrogens (primary N) is 1. The zero-order valence-electron chi connectivity index (χ0n) is 11.7. The number of hydrazone groups is 1. The van der Waals surface area contributed by atoms with Crippen molar-refractivity contribution in [2.45, 2.75) is 24.9 Å². The highest BCUT2D eigenvalue weighted by atomic mass is 19.3. The molecule has 1 amide bonds. The van der Waals surface area contributed by atoms with Crippen molar-refractivity contribution in [1.82, 2.24) is 0 Å². The number of halogens is 4. The van der Waals surface area contributed by atoms with Gasteiger partial charge in [-0.05, 0) is 17.7 Å². The molecule has 0 radical (unpaired) electrons. The van der Waals surface area contributed by atoms with Crippen molar-refractivity contribution in [3.63, 3.8) is 0 Å². The van der Waals surface area contributed by atoms with Crippen LogP contribution in [0, 0.1) is 0 Å². The Kier molecular flexibility index (Phi) is 4.69. The fourth-order valence-corrected chi connectivity index (χ4v) is 1.99. The molecule has 1 heterocycles. The van der Waals surface area contributed by atoms with Gasteiger partial charge in [-0.3, -0.25) is 4.79 Å². The molecule has 0 aromatic heterocycles. The average Bonchev–Trinajstić information content (AvgIpc) is 2.54. The molecule has 124 valence electrons. The third-order valence-corrected chi connectivity index (χ3v) is 3.37. The van der Waals surface area contributed by atoms with Crippen molar-refractivity contribution >= 4 is 17.8 Å². The molecule has 0 saturated heterocycles. The number of hydrogen-bond acceptors (Lipinski definition) is 4. The molecular weight excluding hydrogens is 318 g/mol. The van der Waals surface area contributed by atoms with Gasteiger partial charge < -0.3 is 10.8 Å². The third kappa shape index (κ3) is 3.19. The molecule has 0 spiro atoms. The van der Waals surface area contributed by atoms with Crippen LogP contribution in [0.15, 0.2) is 41.1 Å². The second kappa shape index (κ2) is 6.37. The lowest BCUT2D eigenvalue weighted by Gasteiger charge is -2.27. The lowest BCUT2D eigenvalue weighted by atomic mass is 9.94. The van der Waals surface area contributed by atoms with Crippen molar-refractivity contribution in [3.05, 3.63) is 41.6 Å². The quantitative estimate of drug-likeness (QED) is 0.810. The monoisotopic (exact) mass is 331 g/mol. The van der Waals surface area contributed by atoms with Gasteiger partial charge in [-0.25, -0.2) is 22.6 Å². The smallest absolute Gasteiger partial charge is 0.276 e. The van der Waals surface area contributed by atoms with Gasteiger partial charge in [0, 0.05) is 24.4 Å². The van der Waals surface area contributed by atoms with E-state index in [9.17, 15) is 27.5 Å². The molecule has 0 bridgehead atoms. The summed E-state index contributed by atoms with van der Waals surface area (Å²) in [5, 5.41) is 14.7.